The fourth-order valence-corrected chi connectivity index (χ4v) is 3.27. The summed E-state index contributed by atoms with van der Waals surface area (Å²) < 4.78 is 6.35. The molecule has 1 aromatic carbocycles. The van der Waals surface area contributed by atoms with E-state index in [2.05, 4.69) is 50.4 Å². The quantitative estimate of drug-likeness (QED) is 0.705. The highest BCUT2D eigenvalue weighted by molar-refractivity contribution is 5.36. The van der Waals surface area contributed by atoms with Crippen LogP contribution in [-0.4, -0.2) is 18.7 Å². The largest absolute Gasteiger partial charge is 0.489 e. The predicted octanol–water partition coefficient (Wildman–Crippen LogP) is 5.28. The van der Waals surface area contributed by atoms with Gasteiger partial charge in [0.05, 0.1) is 0 Å². The molecule has 0 unspecified atom stereocenters. The minimum Gasteiger partial charge on any atom is -0.489 e. The molecular weight excluding hydrogens is 270 g/mol. The third-order valence-corrected chi connectivity index (χ3v) is 5.05. The number of nitrogens with one attached hydrogen (secondary N) is 1. The molecule has 22 heavy (non-hydrogen) atoms. The Morgan fingerprint density at radius 3 is 2.50 bits per heavy atom. The number of para-hydroxylation sites is 1. The van der Waals surface area contributed by atoms with Crippen LogP contribution in [0.25, 0.3) is 0 Å². The third kappa shape index (κ3) is 5.01. The number of hydrogen-bond acceptors (Lipinski definition) is 2. The molecule has 1 aromatic rings. The number of benzene rings is 1. The van der Waals surface area contributed by atoms with E-state index in [1.165, 1.54) is 37.7 Å². The van der Waals surface area contributed by atoms with Gasteiger partial charge in [0.2, 0.25) is 0 Å². The first-order chi connectivity index (χ1) is 10.7. The molecule has 0 amide bonds. The van der Waals surface area contributed by atoms with Crippen LogP contribution in [0.1, 0.15) is 77.2 Å². The maximum Gasteiger partial charge on any atom is 0.123 e. The predicted molar refractivity (Wildman–Crippen MR) is 94.7 cm³/mol. The van der Waals surface area contributed by atoms with Gasteiger partial charge in [-0.15, -0.1) is 0 Å². The molecule has 0 bridgehead atoms. The van der Waals surface area contributed by atoms with Crippen LogP contribution in [0.2, 0.25) is 0 Å². The molecule has 0 aliphatic heterocycles. The zero-order chi connectivity index (χ0) is 15.8. The zero-order valence-corrected chi connectivity index (χ0v) is 14.6. The van der Waals surface area contributed by atoms with Crippen molar-refractivity contribution in [3.05, 3.63) is 29.8 Å². The molecule has 2 heteroatoms. The van der Waals surface area contributed by atoms with E-state index in [1.54, 1.807) is 0 Å². The van der Waals surface area contributed by atoms with Gasteiger partial charge in [0.25, 0.3) is 0 Å². The molecule has 0 spiro atoms. The number of rotatable bonds is 8. The molecule has 2 atom stereocenters. The van der Waals surface area contributed by atoms with Crippen molar-refractivity contribution < 1.29 is 4.74 Å². The SMILES string of the molecule is CC[C@@H](CNC1CCCCC1)Oc1ccccc1[C@H](C)CC. The third-order valence-electron chi connectivity index (χ3n) is 5.05. The highest BCUT2D eigenvalue weighted by Crippen LogP contribution is 2.29. The molecule has 1 fully saturated rings. The summed E-state index contributed by atoms with van der Waals surface area (Å²) in [6.07, 6.45) is 9.31. The standard InChI is InChI=1S/C20H33NO/c1-4-16(3)19-13-9-10-14-20(19)22-18(5-2)15-21-17-11-7-6-8-12-17/h9-10,13-14,16-18,21H,4-8,11-12,15H2,1-3H3/t16-,18+/m1/s1. The van der Waals surface area contributed by atoms with Crippen LogP contribution in [0.4, 0.5) is 0 Å². The van der Waals surface area contributed by atoms with Gasteiger partial charge in [-0.3, -0.25) is 0 Å². The molecule has 1 N–H and O–H groups in total. The minimum atomic E-state index is 0.270. The van der Waals surface area contributed by atoms with E-state index < -0.39 is 0 Å². The summed E-state index contributed by atoms with van der Waals surface area (Å²) in [6, 6.07) is 9.25. The summed E-state index contributed by atoms with van der Waals surface area (Å²) in [7, 11) is 0. The molecule has 2 nitrogen and oxygen atoms in total. The molecule has 1 aliphatic carbocycles. The molecule has 1 saturated carbocycles. The van der Waals surface area contributed by atoms with Gasteiger partial charge in [0.1, 0.15) is 11.9 Å². The Morgan fingerprint density at radius 1 is 1.09 bits per heavy atom. The van der Waals surface area contributed by atoms with Gasteiger partial charge in [-0.25, -0.2) is 0 Å². The summed E-state index contributed by atoms with van der Waals surface area (Å²) in [5, 5.41) is 3.73. The van der Waals surface area contributed by atoms with Gasteiger partial charge in [-0.1, -0.05) is 58.2 Å². The van der Waals surface area contributed by atoms with Crippen LogP contribution >= 0.6 is 0 Å². The van der Waals surface area contributed by atoms with E-state index >= 15 is 0 Å². The van der Waals surface area contributed by atoms with Crippen LogP contribution < -0.4 is 10.1 Å². The fourth-order valence-electron chi connectivity index (χ4n) is 3.27. The average Bonchev–Trinajstić information content (AvgIpc) is 2.59. The minimum absolute atomic E-state index is 0.270. The van der Waals surface area contributed by atoms with Crippen LogP contribution in [0.5, 0.6) is 5.75 Å². The van der Waals surface area contributed by atoms with Gasteiger partial charge in [-0.05, 0) is 43.2 Å². The molecule has 0 heterocycles. The first kappa shape index (κ1) is 17.3. The van der Waals surface area contributed by atoms with Gasteiger partial charge in [-0.2, -0.15) is 0 Å². The molecule has 124 valence electrons. The van der Waals surface area contributed by atoms with Crippen molar-refractivity contribution in [1.82, 2.24) is 5.32 Å². The van der Waals surface area contributed by atoms with Crippen LogP contribution in [0, 0.1) is 0 Å². The number of hydrogen-bond donors (Lipinski definition) is 1. The van der Waals surface area contributed by atoms with Crippen molar-refractivity contribution in [3.63, 3.8) is 0 Å². The summed E-state index contributed by atoms with van der Waals surface area (Å²) in [5.74, 6) is 1.63. The Labute approximate surface area is 136 Å². The highest BCUT2D eigenvalue weighted by atomic mass is 16.5. The van der Waals surface area contributed by atoms with E-state index in [0.29, 0.717) is 12.0 Å². The van der Waals surface area contributed by atoms with Crippen LogP contribution in [-0.2, 0) is 0 Å². The summed E-state index contributed by atoms with van der Waals surface area (Å²) in [6.45, 7) is 7.71. The monoisotopic (exact) mass is 303 g/mol. The smallest absolute Gasteiger partial charge is 0.123 e. The van der Waals surface area contributed by atoms with Crippen LogP contribution in [0.3, 0.4) is 0 Å². The Hall–Kier alpha value is -1.02. The molecule has 0 radical (unpaired) electrons. The van der Waals surface area contributed by atoms with Crippen molar-refractivity contribution in [1.29, 1.82) is 0 Å². The molecule has 0 saturated heterocycles. The van der Waals surface area contributed by atoms with Gasteiger partial charge < -0.3 is 10.1 Å². The molecule has 0 aromatic heterocycles. The van der Waals surface area contributed by atoms with Crippen molar-refractivity contribution in [2.45, 2.75) is 83.8 Å². The van der Waals surface area contributed by atoms with E-state index in [-0.39, 0.29) is 6.10 Å². The Bertz CT molecular complexity index is 425. The Kier molecular flexibility index (Phi) is 7.24. The topological polar surface area (TPSA) is 21.3 Å². The first-order valence-corrected chi connectivity index (χ1v) is 9.23. The van der Waals surface area contributed by atoms with E-state index in [4.69, 9.17) is 4.74 Å². The van der Waals surface area contributed by atoms with E-state index in [0.717, 1.165) is 25.1 Å². The lowest BCUT2D eigenvalue weighted by Crippen LogP contribution is -2.38. The van der Waals surface area contributed by atoms with Gasteiger partial charge >= 0.3 is 0 Å². The lowest BCUT2D eigenvalue weighted by atomic mass is 9.95. The van der Waals surface area contributed by atoms with E-state index in [1.807, 2.05) is 0 Å². The number of ether oxygens (including phenoxy) is 1. The summed E-state index contributed by atoms with van der Waals surface area (Å²) >= 11 is 0. The Balaban J connectivity index is 1.92. The van der Waals surface area contributed by atoms with Crippen molar-refractivity contribution in [2.75, 3.05) is 6.54 Å². The molecule has 1 aliphatic rings. The second-order valence-corrected chi connectivity index (χ2v) is 6.74. The van der Waals surface area contributed by atoms with Crippen molar-refractivity contribution in [3.8, 4) is 5.75 Å². The normalized spacial score (nSPS) is 18.9. The Morgan fingerprint density at radius 2 is 1.82 bits per heavy atom. The summed E-state index contributed by atoms with van der Waals surface area (Å²) in [4.78, 5) is 0. The van der Waals surface area contributed by atoms with Crippen molar-refractivity contribution in [2.24, 2.45) is 0 Å². The second kappa shape index (κ2) is 9.19. The maximum atomic E-state index is 6.35. The first-order valence-electron chi connectivity index (χ1n) is 9.23. The van der Waals surface area contributed by atoms with Crippen molar-refractivity contribution >= 4 is 0 Å². The summed E-state index contributed by atoms with van der Waals surface area (Å²) in [5.41, 5.74) is 1.35. The van der Waals surface area contributed by atoms with E-state index in [9.17, 15) is 0 Å². The lowest BCUT2D eigenvalue weighted by molar-refractivity contribution is 0.181. The molecule has 2 rings (SSSR count). The lowest BCUT2D eigenvalue weighted by Gasteiger charge is -2.27. The fraction of sp³-hybridized carbons (Fsp3) is 0.700. The molecular formula is C20H33NO. The highest BCUT2D eigenvalue weighted by Gasteiger charge is 2.17. The second-order valence-electron chi connectivity index (χ2n) is 6.74. The zero-order valence-electron chi connectivity index (χ0n) is 14.6. The van der Waals surface area contributed by atoms with Gasteiger partial charge in [0.15, 0.2) is 0 Å². The maximum absolute atomic E-state index is 6.35. The van der Waals surface area contributed by atoms with Crippen LogP contribution in [0.15, 0.2) is 24.3 Å². The van der Waals surface area contributed by atoms with Gasteiger partial charge in [0, 0.05) is 12.6 Å². The average molecular weight is 303 g/mol.